The Morgan fingerprint density at radius 3 is 2.60 bits per heavy atom. The highest BCUT2D eigenvalue weighted by Gasteiger charge is 2.22. The summed E-state index contributed by atoms with van der Waals surface area (Å²) >= 11 is 0. The number of aryl methyl sites for hydroxylation is 2. The normalized spacial score (nSPS) is 17.8. The molecule has 1 unspecified atom stereocenters. The zero-order valence-electron chi connectivity index (χ0n) is 12.0. The van der Waals surface area contributed by atoms with Gasteiger partial charge >= 0.3 is 0 Å². The molecule has 2 amide bonds. The van der Waals surface area contributed by atoms with Crippen molar-refractivity contribution in [1.82, 2.24) is 10.6 Å². The minimum absolute atomic E-state index is 0.00475. The van der Waals surface area contributed by atoms with Crippen molar-refractivity contribution >= 4 is 17.5 Å². The predicted molar refractivity (Wildman–Crippen MR) is 78.6 cm³/mol. The van der Waals surface area contributed by atoms with E-state index in [0.717, 1.165) is 36.2 Å². The molecule has 0 aromatic heterocycles. The van der Waals surface area contributed by atoms with Gasteiger partial charge in [0, 0.05) is 5.69 Å². The minimum atomic E-state index is -0.200. The molecule has 20 heavy (non-hydrogen) atoms. The standard InChI is InChI=1S/C15H21N3O2/c1-10-5-3-6-11(2)14(10)18-13(19)9-17-15(20)12-7-4-8-16-12/h3,5-6,12,16H,4,7-9H2,1-2H3,(H,17,20)(H,18,19). The molecule has 0 radical (unpaired) electrons. The molecule has 0 aliphatic carbocycles. The van der Waals surface area contributed by atoms with Crippen LogP contribution in [-0.2, 0) is 9.59 Å². The summed E-state index contributed by atoms with van der Waals surface area (Å²) in [5, 5.41) is 8.62. The molecular formula is C15H21N3O2. The van der Waals surface area contributed by atoms with E-state index in [1.807, 2.05) is 32.0 Å². The number of nitrogens with one attached hydrogen (secondary N) is 3. The number of benzene rings is 1. The fraction of sp³-hybridized carbons (Fsp3) is 0.467. The number of rotatable bonds is 4. The Labute approximate surface area is 119 Å². The fourth-order valence-corrected chi connectivity index (χ4v) is 2.39. The van der Waals surface area contributed by atoms with Gasteiger partial charge in [-0.3, -0.25) is 9.59 Å². The Morgan fingerprint density at radius 2 is 2.00 bits per heavy atom. The second-order valence-electron chi connectivity index (χ2n) is 5.18. The molecule has 0 saturated carbocycles. The summed E-state index contributed by atoms with van der Waals surface area (Å²) in [7, 11) is 0. The van der Waals surface area contributed by atoms with Crippen LogP contribution in [0.15, 0.2) is 18.2 Å². The molecule has 108 valence electrons. The maximum absolute atomic E-state index is 11.9. The molecule has 1 heterocycles. The molecule has 1 aromatic carbocycles. The fourth-order valence-electron chi connectivity index (χ4n) is 2.39. The summed E-state index contributed by atoms with van der Waals surface area (Å²) in [5.74, 6) is -0.298. The topological polar surface area (TPSA) is 70.2 Å². The van der Waals surface area contributed by atoms with E-state index in [2.05, 4.69) is 16.0 Å². The molecule has 1 fully saturated rings. The molecule has 3 N–H and O–H groups in total. The summed E-state index contributed by atoms with van der Waals surface area (Å²) in [4.78, 5) is 23.7. The van der Waals surface area contributed by atoms with E-state index in [9.17, 15) is 9.59 Å². The van der Waals surface area contributed by atoms with Crippen LogP contribution in [0.3, 0.4) is 0 Å². The monoisotopic (exact) mass is 275 g/mol. The van der Waals surface area contributed by atoms with Crippen molar-refractivity contribution in [1.29, 1.82) is 0 Å². The van der Waals surface area contributed by atoms with E-state index in [-0.39, 0.29) is 24.4 Å². The van der Waals surface area contributed by atoms with Crippen LogP contribution in [0.4, 0.5) is 5.69 Å². The summed E-state index contributed by atoms with van der Waals surface area (Å²) in [5.41, 5.74) is 2.86. The first-order valence-corrected chi connectivity index (χ1v) is 6.95. The van der Waals surface area contributed by atoms with Gasteiger partial charge in [0.15, 0.2) is 0 Å². The maximum atomic E-state index is 11.9. The number of amides is 2. The van der Waals surface area contributed by atoms with Gasteiger partial charge in [0.1, 0.15) is 0 Å². The lowest BCUT2D eigenvalue weighted by Gasteiger charge is -2.13. The van der Waals surface area contributed by atoms with Gasteiger partial charge in [-0.05, 0) is 44.4 Å². The van der Waals surface area contributed by atoms with Crippen LogP contribution in [0, 0.1) is 13.8 Å². The van der Waals surface area contributed by atoms with E-state index in [1.165, 1.54) is 0 Å². The second kappa shape index (κ2) is 6.52. The van der Waals surface area contributed by atoms with Crippen LogP contribution in [0.25, 0.3) is 0 Å². The number of carbonyl (C=O) groups excluding carboxylic acids is 2. The van der Waals surface area contributed by atoms with Gasteiger partial charge in [-0.2, -0.15) is 0 Å². The van der Waals surface area contributed by atoms with Gasteiger partial charge in [-0.1, -0.05) is 18.2 Å². The summed E-state index contributed by atoms with van der Waals surface area (Å²) < 4.78 is 0. The Balaban J connectivity index is 1.85. The Kier molecular flexibility index (Phi) is 4.74. The molecule has 1 aromatic rings. The SMILES string of the molecule is Cc1cccc(C)c1NC(=O)CNC(=O)C1CCCN1. The van der Waals surface area contributed by atoms with E-state index >= 15 is 0 Å². The summed E-state index contributed by atoms with van der Waals surface area (Å²) in [6.45, 7) is 4.77. The van der Waals surface area contributed by atoms with Crippen LogP contribution < -0.4 is 16.0 Å². The van der Waals surface area contributed by atoms with Gasteiger partial charge in [-0.15, -0.1) is 0 Å². The molecule has 1 saturated heterocycles. The van der Waals surface area contributed by atoms with Crippen LogP contribution >= 0.6 is 0 Å². The average molecular weight is 275 g/mol. The lowest BCUT2D eigenvalue weighted by molar-refractivity contribution is -0.125. The van der Waals surface area contributed by atoms with E-state index in [1.54, 1.807) is 0 Å². The summed E-state index contributed by atoms with van der Waals surface area (Å²) in [6, 6.07) is 5.70. The Morgan fingerprint density at radius 1 is 1.30 bits per heavy atom. The quantitative estimate of drug-likeness (QED) is 0.771. The second-order valence-corrected chi connectivity index (χ2v) is 5.18. The molecule has 1 aliphatic rings. The van der Waals surface area contributed by atoms with Crippen LogP contribution in [0.1, 0.15) is 24.0 Å². The first-order valence-electron chi connectivity index (χ1n) is 6.95. The average Bonchev–Trinajstić information content (AvgIpc) is 2.94. The molecule has 5 heteroatoms. The van der Waals surface area contributed by atoms with Crippen molar-refractivity contribution in [3.8, 4) is 0 Å². The van der Waals surface area contributed by atoms with Crippen LogP contribution in [-0.4, -0.2) is 30.9 Å². The number of hydrogen-bond acceptors (Lipinski definition) is 3. The highest BCUT2D eigenvalue weighted by atomic mass is 16.2. The number of hydrogen-bond donors (Lipinski definition) is 3. The molecule has 1 aliphatic heterocycles. The third kappa shape index (κ3) is 3.57. The first kappa shape index (κ1) is 14.5. The number of carbonyl (C=O) groups is 2. The Hall–Kier alpha value is -1.88. The van der Waals surface area contributed by atoms with Gasteiger partial charge in [0.05, 0.1) is 12.6 Å². The molecule has 5 nitrogen and oxygen atoms in total. The van der Waals surface area contributed by atoms with Crippen molar-refractivity contribution < 1.29 is 9.59 Å². The van der Waals surface area contributed by atoms with Gasteiger partial charge in [-0.25, -0.2) is 0 Å². The van der Waals surface area contributed by atoms with Crippen molar-refractivity contribution in [2.45, 2.75) is 32.7 Å². The van der Waals surface area contributed by atoms with E-state index in [4.69, 9.17) is 0 Å². The first-order chi connectivity index (χ1) is 9.58. The highest BCUT2D eigenvalue weighted by Crippen LogP contribution is 2.18. The zero-order valence-corrected chi connectivity index (χ0v) is 12.0. The minimum Gasteiger partial charge on any atom is -0.346 e. The smallest absolute Gasteiger partial charge is 0.243 e. The van der Waals surface area contributed by atoms with Crippen molar-refractivity contribution in [3.05, 3.63) is 29.3 Å². The third-order valence-corrected chi connectivity index (χ3v) is 3.55. The predicted octanol–water partition coefficient (Wildman–Crippen LogP) is 1.11. The van der Waals surface area contributed by atoms with Gasteiger partial charge in [0.25, 0.3) is 0 Å². The third-order valence-electron chi connectivity index (χ3n) is 3.55. The lowest BCUT2D eigenvalue weighted by Crippen LogP contribution is -2.43. The van der Waals surface area contributed by atoms with Crippen LogP contribution in [0.2, 0.25) is 0 Å². The number of anilines is 1. The molecular weight excluding hydrogens is 254 g/mol. The van der Waals surface area contributed by atoms with E-state index in [0.29, 0.717) is 0 Å². The molecule has 2 rings (SSSR count). The number of para-hydroxylation sites is 1. The van der Waals surface area contributed by atoms with Gasteiger partial charge < -0.3 is 16.0 Å². The largest absolute Gasteiger partial charge is 0.346 e. The Bertz CT molecular complexity index is 488. The van der Waals surface area contributed by atoms with Crippen molar-refractivity contribution in [3.63, 3.8) is 0 Å². The maximum Gasteiger partial charge on any atom is 0.243 e. The molecule has 1 atom stereocenters. The van der Waals surface area contributed by atoms with Gasteiger partial charge in [0.2, 0.25) is 11.8 Å². The van der Waals surface area contributed by atoms with Crippen molar-refractivity contribution in [2.75, 3.05) is 18.4 Å². The molecule has 0 spiro atoms. The highest BCUT2D eigenvalue weighted by molar-refractivity contribution is 5.96. The van der Waals surface area contributed by atoms with E-state index < -0.39 is 0 Å². The zero-order chi connectivity index (χ0) is 14.5. The molecule has 0 bridgehead atoms. The van der Waals surface area contributed by atoms with Crippen LogP contribution in [0.5, 0.6) is 0 Å². The summed E-state index contributed by atoms with van der Waals surface area (Å²) in [6.07, 6.45) is 1.84. The lowest BCUT2D eigenvalue weighted by atomic mass is 10.1. The van der Waals surface area contributed by atoms with Crippen molar-refractivity contribution in [2.24, 2.45) is 0 Å².